The molecule has 1 amide bonds. The van der Waals surface area contributed by atoms with Crippen molar-refractivity contribution in [2.24, 2.45) is 0 Å². The standard InChI is InChI=1S/C24H28N6O3/c1-4-20(31)30-11-10-17(14-30)27-23-21-24(26-15-25-23)29-22(28-21)16(2)7-6-12-33-19-9-5-8-18(13-19)32-3/h4-9,13,15-17H,1,10-12,14H2,2-3H3,(H2,25,26,27,28,29)/b7-6+. The Hall–Kier alpha value is -3.88. The molecule has 0 spiro atoms. The molecule has 1 aliphatic heterocycles. The van der Waals surface area contributed by atoms with Crippen molar-refractivity contribution in [1.82, 2.24) is 24.8 Å². The Morgan fingerprint density at radius 2 is 2.24 bits per heavy atom. The fourth-order valence-electron chi connectivity index (χ4n) is 3.75. The van der Waals surface area contributed by atoms with Crippen molar-refractivity contribution in [3.05, 3.63) is 61.2 Å². The molecule has 9 nitrogen and oxygen atoms in total. The van der Waals surface area contributed by atoms with Crippen LogP contribution in [0.3, 0.4) is 0 Å². The van der Waals surface area contributed by atoms with Crippen molar-refractivity contribution >= 4 is 22.9 Å². The summed E-state index contributed by atoms with van der Waals surface area (Å²) < 4.78 is 11.0. The second-order valence-corrected chi connectivity index (χ2v) is 7.87. The Labute approximate surface area is 192 Å². The topological polar surface area (TPSA) is 105 Å². The van der Waals surface area contributed by atoms with E-state index in [9.17, 15) is 4.79 Å². The molecule has 3 heterocycles. The summed E-state index contributed by atoms with van der Waals surface area (Å²) in [6.45, 7) is 7.35. The van der Waals surface area contributed by atoms with Crippen LogP contribution in [0.5, 0.6) is 11.5 Å². The summed E-state index contributed by atoms with van der Waals surface area (Å²) in [5.41, 5.74) is 1.36. The molecule has 33 heavy (non-hydrogen) atoms. The summed E-state index contributed by atoms with van der Waals surface area (Å²) >= 11 is 0. The molecule has 4 rings (SSSR count). The Kier molecular flexibility index (Phi) is 6.87. The van der Waals surface area contributed by atoms with E-state index in [1.807, 2.05) is 36.4 Å². The van der Waals surface area contributed by atoms with Gasteiger partial charge < -0.3 is 24.7 Å². The molecule has 2 N–H and O–H groups in total. The summed E-state index contributed by atoms with van der Waals surface area (Å²) in [5, 5.41) is 3.41. The molecule has 0 bridgehead atoms. The zero-order valence-electron chi connectivity index (χ0n) is 18.8. The molecule has 1 fully saturated rings. The molecule has 1 aromatic carbocycles. The van der Waals surface area contributed by atoms with Crippen molar-refractivity contribution in [1.29, 1.82) is 0 Å². The van der Waals surface area contributed by atoms with Gasteiger partial charge in [0.25, 0.3) is 0 Å². The van der Waals surface area contributed by atoms with Gasteiger partial charge in [-0.05, 0) is 24.6 Å². The number of nitrogens with one attached hydrogen (secondary N) is 2. The maximum absolute atomic E-state index is 11.8. The number of aromatic nitrogens is 4. The summed E-state index contributed by atoms with van der Waals surface area (Å²) in [4.78, 5) is 30.3. The lowest BCUT2D eigenvalue weighted by molar-refractivity contribution is -0.125. The number of rotatable bonds is 9. The number of carbonyl (C=O) groups is 1. The Morgan fingerprint density at radius 3 is 3.06 bits per heavy atom. The minimum absolute atomic E-state index is 0.0353. The number of imidazole rings is 1. The molecule has 2 unspecified atom stereocenters. The number of methoxy groups -OCH3 is 1. The average molecular weight is 449 g/mol. The highest BCUT2D eigenvalue weighted by Crippen LogP contribution is 2.24. The molecule has 0 radical (unpaired) electrons. The van der Waals surface area contributed by atoms with Crippen LogP contribution in [0, 0.1) is 0 Å². The number of aromatic amines is 1. The van der Waals surface area contributed by atoms with Crippen molar-refractivity contribution in [2.75, 3.05) is 32.1 Å². The average Bonchev–Trinajstić information content (AvgIpc) is 3.49. The number of nitrogens with zero attached hydrogens (tertiary/aromatic N) is 4. The number of amides is 1. The third kappa shape index (κ3) is 5.31. The molecule has 1 aliphatic rings. The van der Waals surface area contributed by atoms with Crippen LogP contribution >= 0.6 is 0 Å². The highest BCUT2D eigenvalue weighted by atomic mass is 16.5. The fraction of sp³-hybridized carbons (Fsp3) is 0.333. The highest BCUT2D eigenvalue weighted by molar-refractivity contribution is 5.87. The van der Waals surface area contributed by atoms with Gasteiger partial charge in [-0.2, -0.15) is 0 Å². The van der Waals surface area contributed by atoms with Crippen LogP contribution in [0.4, 0.5) is 5.82 Å². The monoisotopic (exact) mass is 448 g/mol. The number of hydrogen-bond acceptors (Lipinski definition) is 7. The number of carbonyl (C=O) groups excluding carboxylic acids is 1. The third-order valence-corrected chi connectivity index (χ3v) is 5.56. The van der Waals surface area contributed by atoms with Gasteiger partial charge in [0.15, 0.2) is 17.0 Å². The number of fused-ring (bicyclic) bond motifs is 1. The van der Waals surface area contributed by atoms with Crippen molar-refractivity contribution in [2.45, 2.75) is 25.3 Å². The van der Waals surface area contributed by atoms with Crippen molar-refractivity contribution in [3.63, 3.8) is 0 Å². The van der Waals surface area contributed by atoms with Crippen LogP contribution in [0.1, 0.15) is 25.1 Å². The van der Waals surface area contributed by atoms with E-state index >= 15 is 0 Å². The predicted molar refractivity (Wildman–Crippen MR) is 127 cm³/mol. The van der Waals surface area contributed by atoms with E-state index < -0.39 is 0 Å². The number of anilines is 1. The smallest absolute Gasteiger partial charge is 0.246 e. The van der Waals surface area contributed by atoms with E-state index in [1.54, 1.807) is 12.0 Å². The zero-order valence-corrected chi connectivity index (χ0v) is 18.8. The van der Waals surface area contributed by atoms with E-state index in [0.29, 0.717) is 36.7 Å². The zero-order chi connectivity index (χ0) is 23.2. The Morgan fingerprint density at radius 1 is 1.39 bits per heavy atom. The molecule has 1 saturated heterocycles. The lowest BCUT2D eigenvalue weighted by Gasteiger charge is -2.15. The number of likely N-dealkylation sites (tertiary alicyclic amines) is 1. The van der Waals surface area contributed by atoms with Gasteiger partial charge >= 0.3 is 0 Å². The lowest BCUT2D eigenvalue weighted by atomic mass is 10.1. The van der Waals surface area contributed by atoms with Crippen LogP contribution in [-0.2, 0) is 4.79 Å². The maximum Gasteiger partial charge on any atom is 0.246 e. The minimum atomic E-state index is -0.0508. The van der Waals surface area contributed by atoms with Crippen molar-refractivity contribution < 1.29 is 14.3 Å². The van der Waals surface area contributed by atoms with Gasteiger partial charge in [-0.25, -0.2) is 15.0 Å². The quantitative estimate of drug-likeness (QED) is 0.382. The highest BCUT2D eigenvalue weighted by Gasteiger charge is 2.26. The van der Waals surface area contributed by atoms with E-state index in [1.165, 1.54) is 12.4 Å². The van der Waals surface area contributed by atoms with Gasteiger partial charge in [-0.15, -0.1) is 0 Å². The number of benzene rings is 1. The predicted octanol–water partition coefficient (Wildman–Crippen LogP) is 3.30. The third-order valence-electron chi connectivity index (χ3n) is 5.56. The SMILES string of the molecule is C=CC(=O)N1CCC(Nc2ncnc3[nH]c(C(C)/C=C/COc4cccc(OC)c4)nc23)C1. The molecule has 9 heteroatoms. The first-order valence-electron chi connectivity index (χ1n) is 10.9. The number of allylic oxidation sites excluding steroid dienone is 1. The molecule has 0 aliphatic carbocycles. The second-order valence-electron chi connectivity index (χ2n) is 7.87. The summed E-state index contributed by atoms with van der Waals surface area (Å²) in [7, 11) is 1.63. The summed E-state index contributed by atoms with van der Waals surface area (Å²) in [5.74, 6) is 2.95. The molecule has 0 saturated carbocycles. The first-order chi connectivity index (χ1) is 16.1. The Bertz CT molecular complexity index is 1160. The largest absolute Gasteiger partial charge is 0.497 e. The Balaban J connectivity index is 1.38. The van der Waals surface area contributed by atoms with Crippen LogP contribution in [-0.4, -0.2) is 63.6 Å². The van der Waals surface area contributed by atoms with Gasteiger partial charge in [0.1, 0.15) is 30.3 Å². The molecule has 3 aromatic rings. The molecule has 172 valence electrons. The number of H-pyrrole nitrogens is 1. The van der Waals surface area contributed by atoms with Gasteiger partial charge in [0.05, 0.1) is 7.11 Å². The van der Waals surface area contributed by atoms with E-state index in [2.05, 4.69) is 33.8 Å². The number of ether oxygens (including phenoxy) is 2. The fourth-order valence-corrected chi connectivity index (χ4v) is 3.75. The van der Waals surface area contributed by atoms with E-state index in [4.69, 9.17) is 14.5 Å². The van der Waals surface area contributed by atoms with Crippen LogP contribution in [0.2, 0.25) is 0 Å². The first kappa shape index (κ1) is 22.3. The van der Waals surface area contributed by atoms with E-state index in [0.717, 1.165) is 23.7 Å². The number of hydrogen-bond donors (Lipinski definition) is 2. The summed E-state index contributed by atoms with van der Waals surface area (Å²) in [6.07, 6.45) is 7.70. The van der Waals surface area contributed by atoms with Crippen LogP contribution in [0.25, 0.3) is 11.2 Å². The van der Waals surface area contributed by atoms with Gasteiger partial charge in [-0.1, -0.05) is 31.7 Å². The minimum Gasteiger partial charge on any atom is -0.497 e. The van der Waals surface area contributed by atoms with Crippen LogP contribution in [0.15, 0.2) is 55.4 Å². The van der Waals surface area contributed by atoms with Gasteiger partial charge in [-0.3, -0.25) is 4.79 Å². The normalized spacial score (nSPS) is 16.8. The molecule has 2 aromatic heterocycles. The molecular weight excluding hydrogens is 420 g/mol. The molecular formula is C24H28N6O3. The molecule has 2 atom stereocenters. The van der Waals surface area contributed by atoms with Crippen molar-refractivity contribution in [3.8, 4) is 11.5 Å². The second kappa shape index (κ2) is 10.2. The lowest BCUT2D eigenvalue weighted by Crippen LogP contribution is -2.30. The van der Waals surface area contributed by atoms with Gasteiger partial charge in [0, 0.05) is 31.1 Å². The van der Waals surface area contributed by atoms with Crippen LogP contribution < -0.4 is 14.8 Å². The maximum atomic E-state index is 11.8. The summed E-state index contributed by atoms with van der Waals surface area (Å²) in [6, 6.07) is 7.62. The van der Waals surface area contributed by atoms with E-state index in [-0.39, 0.29) is 17.9 Å². The first-order valence-corrected chi connectivity index (χ1v) is 10.9. The van der Waals surface area contributed by atoms with Gasteiger partial charge in [0.2, 0.25) is 5.91 Å².